The maximum Gasteiger partial charge on any atom is 0.306 e. The van der Waals surface area contributed by atoms with Crippen molar-refractivity contribution in [1.82, 2.24) is 0 Å². The molecule has 0 heterocycles. The second-order valence-corrected chi connectivity index (χ2v) is 36.4. The Bertz CT molecular complexity index is 2450. The summed E-state index contributed by atoms with van der Waals surface area (Å²) < 4.78 is 20.8. The maximum absolute atomic E-state index is 14.8. The van der Waals surface area contributed by atoms with Gasteiger partial charge < -0.3 is 34.6 Å². The fourth-order valence-electron chi connectivity index (χ4n) is 27.4. The SMILES string of the molecule is C[C@H](CCC(=O)O)[C@H]1CC[C@H]2[C@@H]3[C@@H](OC(=O)CC[C@@H](C)[C@H]4CC[C@H]5[C@@H]6[C@@H](OC(C)(C)C)C[C@@H]7C[C@H](O)CC[C@]7(C)[C@H]6CC[C@]45C)C[C@@H]4CC(OC(=O)CC[C@@H](C)[C@H]5CC[C@H]6[C@@H]7[C@@H](O)C[C@@H]8C[C@H](O)CC[C@]8(C)[C@H]7CC[C@]56C)CC[C@]4(C)[C@H]3CC[C@]12C. The van der Waals surface area contributed by atoms with Crippen LogP contribution in [0.5, 0.6) is 0 Å². The number of aliphatic hydroxyl groups excluding tert-OH is 3. The van der Waals surface area contributed by atoms with Crippen molar-refractivity contribution < 1.29 is 49.0 Å². The average molecular weight is 1200 g/mol. The number of carbonyl (C=O) groups is 3. The molecule has 0 aliphatic heterocycles. The molecule has 488 valence electrons. The fourth-order valence-corrected chi connectivity index (χ4v) is 27.4. The highest BCUT2D eigenvalue weighted by molar-refractivity contribution is 5.70. The van der Waals surface area contributed by atoms with Crippen LogP contribution in [0.2, 0.25) is 0 Å². The molecule has 0 aromatic rings. The van der Waals surface area contributed by atoms with E-state index in [-0.39, 0.29) is 99.0 Å². The van der Waals surface area contributed by atoms with Gasteiger partial charge in [0.15, 0.2) is 0 Å². The van der Waals surface area contributed by atoms with Gasteiger partial charge in [-0.2, -0.15) is 0 Å². The zero-order valence-electron chi connectivity index (χ0n) is 56.3. The average Bonchev–Trinajstić information content (AvgIpc) is 1.29. The smallest absolute Gasteiger partial charge is 0.306 e. The molecule has 0 amide bonds. The molecule has 10 heteroatoms. The van der Waals surface area contributed by atoms with Crippen LogP contribution in [0, 0.1) is 139 Å². The Hall–Kier alpha value is -1.75. The van der Waals surface area contributed by atoms with E-state index in [1.54, 1.807) is 0 Å². The van der Waals surface area contributed by atoms with Gasteiger partial charge in [0.2, 0.25) is 0 Å². The zero-order valence-corrected chi connectivity index (χ0v) is 56.3. The lowest BCUT2D eigenvalue weighted by atomic mass is 9.43. The molecule has 4 N–H and O–H groups in total. The van der Waals surface area contributed by atoms with Crippen molar-refractivity contribution in [3.63, 3.8) is 0 Å². The van der Waals surface area contributed by atoms with Crippen LogP contribution in [-0.2, 0) is 28.6 Å². The minimum absolute atomic E-state index is 0.0279. The number of carboxylic acid groups (broad SMARTS) is 1. The molecule has 12 aliphatic carbocycles. The summed E-state index contributed by atoms with van der Waals surface area (Å²) in [6.07, 6.45) is 28.2. The molecule has 0 spiro atoms. The highest BCUT2D eigenvalue weighted by Gasteiger charge is 2.67. The first-order valence-corrected chi connectivity index (χ1v) is 36.8. The monoisotopic (exact) mass is 1200 g/mol. The van der Waals surface area contributed by atoms with Crippen molar-refractivity contribution in [2.24, 2.45) is 139 Å². The zero-order chi connectivity index (χ0) is 61.4. The van der Waals surface area contributed by atoms with Gasteiger partial charge in [-0.15, -0.1) is 0 Å². The van der Waals surface area contributed by atoms with Gasteiger partial charge in [0.05, 0.1) is 30.0 Å². The third-order valence-corrected chi connectivity index (χ3v) is 31.7. The topological polar surface area (TPSA) is 160 Å². The quantitative estimate of drug-likeness (QED) is 0.116. The fraction of sp³-hybridized carbons (Fsp3) is 0.961. The lowest BCUT2D eigenvalue weighted by Crippen LogP contribution is -2.60. The molecule has 0 radical (unpaired) electrons. The molecule has 12 saturated carbocycles. The van der Waals surface area contributed by atoms with E-state index in [9.17, 15) is 34.8 Å². The van der Waals surface area contributed by atoms with E-state index in [1.807, 2.05) is 0 Å². The van der Waals surface area contributed by atoms with E-state index in [4.69, 9.17) is 14.2 Å². The largest absolute Gasteiger partial charge is 0.481 e. The van der Waals surface area contributed by atoms with Gasteiger partial charge in [-0.1, -0.05) is 62.3 Å². The number of aliphatic carboxylic acids is 1. The molecular formula is C76H124O10. The summed E-state index contributed by atoms with van der Waals surface area (Å²) in [7, 11) is 0. The highest BCUT2D eigenvalue weighted by Crippen LogP contribution is 2.73. The van der Waals surface area contributed by atoms with Crippen LogP contribution < -0.4 is 0 Å². The number of carbonyl (C=O) groups excluding carboxylic acids is 2. The number of esters is 2. The lowest BCUT2D eigenvalue weighted by Gasteiger charge is -2.63. The van der Waals surface area contributed by atoms with Gasteiger partial charge >= 0.3 is 17.9 Å². The Morgan fingerprint density at radius 3 is 1.28 bits per heavy atom. The summed E-state index contributed by atoms with van der Waals surface area (Å²) in [5.41, 5.74) is 0.786. The predicted molar refractivity (Wildman–Crippen MR) is 337 cm³/mol. The molecule has 86 heavy (non-hydrogen) atoms. The first-order chi connectivity index (χ1) is 40.5. The molecule has 0 saturated heterocycles. The molecule has 10 nitrogen and oxygen atoms in total. The first-order valence-electron chi connectivity index (χ1n) is 36.8. The van der Waals surface area contributed by atoms with Crippen molar-refractivity contribution >= 4 is 17.9 Å². The molecule has 1 unspecified atom stereocenters. The van der Waals surface area contributed by atoms with Crippen LogP contribution in [0.15, 0.2) is 0 Å². The van der Waals surface area contributed by atoms with Crippen molar-refractivity contribution in [1.29, 1.82) is 0 Å². The summed E-state index contributed by atoms with van der Waals surface area (Å²) in [6.45, 7) is 29.1. The van der Waals surface area contributed by atoms with E-state index in [0.717, 1.165) is 116 Å². The third-order valence-electron chi connectivity index (χ3n) is 31.7. The van der Waals surface area contributed by atoms with Crippen LogP contribution in [0.1, 0.15) is 276 Å². The minimum atomic E-state index is -0.707. The Morgan fingerprint density at radius 1 is 0.430 bits per heavy atom. The van der Waals surface area contributed by atoms with E-state index in [2.05, 4.69) is 83.1 Å². The van der Waals surface area contributed by atoms with Crippen LogP contribution in [0.25, 0.3) is 0 Å². The number of ether oxygens (including phenoxy) is 3. The Morgan fingerprint density at radius 2 is 0.802 bits per heavy atom. The van der Waals surface area contributed by atoms with Crippen molar-refractivity contribution in [3.8, 4) is 0 Å². The van der Waals surface area contributed by atoms with Crippen LogP contribution in [0.4, 0.5) is 0 Å². The van der Waals surface area contributed by atoms with Gasteiger partial charge in [0.1, 0.15) is 12.2 Å². The second kappa shape index (κ2) is 23.7. The van der Waals surface area contributed by atoms with Crippen LogP contribution in [-0.4, -0.2) is 80.6 Å². The number of hydrogen-bond acceptors (Lipinski definition) is 9. The van der Waals surface area contributed by atoms with E-state index >= 15 is 0 Å². The lowest BCUT2D eigenvalue weighted by molar-refractivity contribution is -0.212. The predicted octanol–water partition coefficient (Wildman–Crippen LogP) is 16.2. The number of hydrogen-bond donors (Lipinski definition) is 4. The number of rotatable bonds is 15. The summed E-state index contributed by atoms with van der Waals surface area (Å²) in [5, 5.41) is 43.1. The van der Waals surface area contributed by atoms with Crippen molar-refractivity contribution in [2.75, 3.05) is 0 Å². The van der Waals surface area contributed by atoms with Crippen LogP contribution in [0.3, 0.4) is 0 Å². The Balaban J connectivity index is 0.701. The number of fused-ring (bicyclic) bond motifs is 15. The summed E-state index contributed by atoms with van der Waals surface area (Å²) >= 11 is 0. The third kappa shape index (κ3) is 11.1. The summed E-state index contributed by atoms with van der Waals surface area (Å²) in [5.74, 6) is 7.42. The standard InChI is InChI=1S/C76H124O10/c1-43(13-22-64(80)81)52-17-20-56-68-59(29-35-75(52,56)11)73(9)33-27-51(84-65(82)23-14-44(2)53-16-19-55-67-58(28-34-74(53,55)10)71(7)31-25-49(77)37-46(71)40-61(67)79)39-48(73)41-62(68)85-66(83)24-15-45(3)54-18-21-57-69-60(30-36-76(54,57)12)72(8)32-26-50(78)38-47(72)42-63(69)86-70(4,5)6/h43-63,67-69,77-79H,13-42H2,1-12H3,(H,80,81)/t43-,44-,45-,46+,47+,48+,49-,50-,51?,52-,53-,54-,55+,56+,57+,58+,59+,60+,61+,62+,63+,67+,68+,69+,71+,72+,73+,74-,75-,76-/m1/s1. The number of carboxylic acids is 1. The highest BCUT2D eigenvalue weighted by atomic mass is 16.5. The normalized spacial score (nSPS) is 51.3. The van der Waals surface area contributed by atoms with Gasteiger partial charge in [0.25, 0.3) is 0 Å². The maximum atomic E-state index is 14.8. The van der Waals surface area contributed by atoms with Crippen molar-refractivity contribution in [3.05, 3.63) is 0 Å². The summed E-state index contributed by atoms with van der Waals surface area (Å²) in [4.78, 5) is 40.8. The molecular weight excluding hydrogens is 1070 g/mol. The molecule has 0 aromatic carbocycles. The van der Waals surface area contributed by atoms with Gasteiger partial charge in [-0.3, -0.25) is 14.4 Å². The van der Waals surface area contributed by atoms with E-state index in [1.165, 1.54) is 51.4 Å². The Kier molecular flexibility index (Phi) is 17.7. The molecule has 0 aromatic heterocycles. The number of aliphatic hydroxyl groups is 3. The van der Waals surface area contributed by atoms with E-state index < -0.39 is 5.97 Å². The minimum Gasteiger partial charge on any atom is -0.481 e. The first kappa shape index (κ1) is 64.4. The van der Waals surface area contributed by atoms with Crippen molar-refractivity contribution in [2.45, 2.75) is 318 Å². The van der Waals surface area contributed by atoms with Gasteiger partial charge in [-0.05, 0) is 327 Å². The summed E-state index contributed by atoms with van der Waals surface area (Å²) in [6, 6.07) is 0. The molecule has 12 fully saturated rings. The van der Waals surface area contributed by atoms with Gasteiger partial charge in [-0.25, -0.2) is 0 Å². The second-order valence-electron chi connectivity index (χ2n) is 36.4. The van der Waals surface area contributed by atoms with Crippen LogP contribution >= 0.6 is 0 Å². The molecule has 12 aliphatic rings. The molecule has 12 rings (SSSR count). The van der Waals surface area contributed by atoms with E-state index in [0.29, 0.717) is 120 Å². The molecule has 30 atom stereocenters. The Labute approximate surface area is 521 Å². The molecule has 0 bridgehead atoms. The van der Waals surface area contributed by atoms with Gasteiger partial charge in [0, 0.05) is 25.2 Å².